The fourth-order valence-electron chi connectivity index (χ4n) is 2.35. The standard InChI is InChI=1S/C18H13BrN4O4S/c1-10-15(28-18(20-10)11-5-3-2-4-6-11)17(25)22-21-16(24)12-7-8-13(19)14(9-12)23(26)27/h2-9H,1H3,(H,21,24)(H,22,25). The Morgan fingerprint density at radius 2 is 1.79 bits per heavy atom. The van der Waals surface area contributed by atoms with Crippen LogP contribution in [0.2, 0.25) is 0 Å². The van der Waals surface area contributed by atoms with Gasteiger partial charge in [0.05, 0.1) is 15.1 Å². The summed E-state index contributed by atoms with van der Waals surface area (Å²) in [6.07, 6.45) is 0. The number of nitro groups is 1. The molecule has 0 radical (unpaired) electrons. The molecule has 0 aliphatic carbocycles. The van der Waals surface area contributed by atoms with Crippen LogP contribution in [0.1, 0.15) is 25.7 Å². The summed E-state index contributed by atoms with van der Waals surface area (Å²) in [7, 11) is 0. The van der Waals surface area contributed by atoms with Crippen molar-refractivity contribution in [2.24, 2.45) is 0 Å². The van der Waals surface area contributed by atoms with Gasteiger partial charge in [-0.05, 0) is 35.0 Å². The molecule has 1 aromatic heterocycles. The van der Waals surface area contributed by atoms with Crippen molar-refractivity contribution in [3.63, 3.8) is 0 Å². The van der Waals surface area contributed by atoms with Gasteiger partial charge in [-0.15, -0.1) is 11.3 Å². The van der Waals surface area contributed by atoms with Crippen molar-refractivity contribution in [1.82, 2.24) is 15.8 Å². The van der Waals surface area contributed by atoms with Crippen LogP contribution in [0.25, 0.3) is 10.6 Å². The third kappa shape index (κ3) is 4.24. The normalized spacial score (nSPS) is 10.4. The Bertz CT molecular complexity index is 1070. The molecule has 0 aliphatic rings. The Kier molecular flexibility index (Phi) is 5.81. The highest BCUT2D eigenvalue weighted by molar-refractivity contribution is 9.10. The van der Waals surface area contributed by atoms with Gasteiger partial charge in [0.15, 0.2) is 0 Å². The average Bonchev–Trinajstić information content (AvgIpc) is 3.08. The maximum atomic E-state index is 12.4. The number of nitrogens with one attached hydrogen (secondary N) is 2. The van der Waals surface area contributed by atoms with Gasteiger partial charge < -0.3 is 0 Å². The lowest BCUT2D eigenvalue weighted by molar-refractivity contribution is -0.385. The van der Waals surface area contributed by atoms with Crippen LogP contribution in [0.15, 0.2) is 53.0 Å². The van der Waals surface area contributed by atoms with Crippen LogP contribution >= 0.6 is 27.3 Å². The first kappa shape index (κ1) is 19.6. The minimum absolute atomic E-state index is 0.0428. The van der Waals surface area contributed by atoms with Crippen LogP contribution in [0.4, 0.5) is 5.69 Å². The predicted octanol–water partition coefficient (Wildman–Crippen LogP) is 3.86. The third-order valence-corrected chi connectivity index (χ3v) is 5.59. The van der Waals surface area contributed by atoms with Gasteiger partial charge >= 0.3 is 0 Å². The maximum Gasteiger partial charge on any atom is 0.284 e. The number of nitrogens with zero attached hydrogens (tertiary/aromatic N) is 2. The summed E-state index contributed by atoms with van der Waals surface area (Å²) in [4.78, 5) is 39.7. The second-order valence-electron chi connectivity index (χ2n) is 5.63. The van der Waals surface area contributed by atoms with E-state index in [1.807, 2.05) is 30.3 Å². The second-order valence-corrected chi connectivity index (χ2v) is 7.48. The molecule has 2 amide bonds. The van der Waals surface area contributed by atoms with Gasteiger partial charge in [0.1, 0.15) is 9.88 Å². The van der Waals surface area contributed by atoms with Crippen molar-refractivity contribution >= 4 is 44.8 Å². The van der Waals surface area contributed by atoms with Crippen LogP contribution in [-0.2, 0) is 0 Å². The summed E-state index contributed by atoms with van der Waals surface area (Å²) in [5.41, 5.74) is 5.80. The van der Waals surface area contributed by atoms with Crippen molar-refractivity contribution < 1.29 is 14.5 Å². The quantitative estimate of drug-likeness (QED) is 0.452. The molecule has 0 unspecified atom stereocenters. The van der Waals surface area contributed by atoms with E-state index in [0.717, 1.165) is 11.6 Å². The molecule has 0 bridgehead atoms. The number of aryl methyl sites for hydroxylation is 1. The molecule has 0 aliphatic heterocycles. The molecule has 2 N–H and O–H groups in total. The van der Waals surface area contributed by atoms with Crippen LogP contribution in [0.5, 0.6) is 0 Å². The Labute approximate surface area is 171 Å². The Morgan fingerprint density at radius 1 is 1.11 bits per heavy atom. The number of thiazole rings is 1. The predicted molar refractivity (Wildman–Crippen MR) is 108 cm³/mol. The molecular weight excluding hydrogens is 448 g/mol. The monoisotopic (exact) mass is 460 g/mol. The molecule has 1 heterocycles. The fourth-order valence-corrected chi connectivity index (χ4v) is 3.71. The third-order valence-electron chi connectivity index (χ3n) is 3.72. The molecule has 3 rings (SSSR count). The summed E-state index contributed by atoms with van der Waals surface area (Å²) < 4.78 is 0.256. The topological polar surface area (TPSA) is 114 Å². The molecule has 0 saturated heterocycles. The highest BCUT2D eigenvalue weighted by atomic mass is 79.9. The summed E-state index contributed by atoms with van der Waals surface area (Å²) in [6.45, 7) is 1.71. The van der Waals surface area contributed by atoms with Crippen molar-refractivity contribution in [3.8, 4) is 10.6 Å². The zero-order valence-corrected chi connectivity index (χ0v) is 16.8. The summed E-state index contributed by atoms with van der Waals surface area (Å²) in [6, 6.07) is 13.4. The van der Waals surface area contributed by atoms with E-state index < -0.39 is 16.7 Å². The van der Waals surface area contributed by atoms with Crippen molar-refractivity contribution in [2.45, 2.75) is 6.92 Å². The first-order chi connectivity index (χ1) is 13.4. The first-order valence-corrected chi connectivity index (χ1v) is 9.55. The maximum absolute atomic E-state index is 12.4. The number of hydrazine groups is 1. The van der Waals surface area contributed by atoms with Gasteiger partial charge in [-0.2, -0.15) is 0 Å². The largest absolute Gasteiger partial charge is 0.284 e. The second kappa shape index (κ2) is 8.28. The van der Waals surface area contributed by atoms with E-state index in [4.69, 9.17) is 0 Å². The lowest BCUT2D eigenvalue weighted by atomic mass is 10.2. The number of rotatable bonds is 4. The number of hydrogen-bond acceptors (Lipinski definition) is 6. The van der Waals surface area contributed by atoms with E-state index in [1.54, 1.807) is 6.92 Å². The molecular formula is C18H13BrN4O4S. The molecule has 2 aromatic carbocycles. The van der Waals surface area contributed by atoms with Gasteiger partial charge in [0, 0.05) is 17.2 Å². The van der Waals surface area contributed by atoms with Crippen LogP contribution < -0.4 is 10.9 Å². The minimum atomic E-state index is -0.672. The molecule has 0 atom stereocenters. The van der Waals surface area contributed by atoms with Gasteiger partial charge in [-0.25, -0.2) is 4.98 Å². The van der Waals surface area contributed by atoms with E-state index in [-0.39, 0.29) is 15.7 Å². The number of hydrogen-bond donors (Lipinski definition) is 2. The van der Waals surface area contributed by atoms with Gasteiger partial charge in [0.2, 0.25) is 0 Å². The van der Waals surface area contributed by atoms with E-state index in [0.29, 0.717) is 15.6 Å². The van der Waals surface area contributed by atoms with Crippen LogP contribution in [-0.4, -0.2) is 21.7 Å². The number of carbonyl (C=O) groups is 2. The van der Waals surface area contributed by atoms with Crippen molar-refractivity contribution in [2.75, 3.05) is 0 Å². The summed E-state index contributed by atoms with van der Waals surface area (Å²) >= 11 is 4.26. The fraction of sp³-hybridized carbons (Fsp3) is 0.0556. The number of amides is 2. The smallest absolute Gasteiger partial charge is 0.267 e. The van der Waals surface area contributed by atoms with E-state index in [9.17, 15) is 19.7 Å². The zero-order valence-electron chi connectivity index (χ0n) is 14.4. The van der Waals surface area contributed by atoms with E-state index >= 15 is 0 Å². The van der Waals surface area contributed by atoms with Crippen molar-refractivity contribution in [3.05, 3.63) is 79.3 Å². The lowest BCUT2D eigenvalue weighted by Gasteiger charge is -2.07. The number of aromatic nitrogens is 1. The molecule has 10 heteroatoms. The Balaban J connectivity index is 1.71. The highest BCUT2D eigenvalue weighted by Crippen LogP contribution is 2.28. The van der Waals surface area contributed by atoms with Gasteiger partial charge in [-0.3, -0.25) is 30.6 Å². The van der Waals surface area contributed by atoms with Gasteiger partial charge in [0.25, 0.3) is 17.5 Å². The Hall–Kier alpha value is -3.11. The SMILES string of the molecule is Cc1nc(-c2ccccc2)sc1C(=O)NNC(=O)c1ccc(Br)c([N+](=O)[O-])c1. The number of halogens is 1. The zero-order chi connectivity index (χ0) is 20.3. The number of nitro benzene ring substituents is 1. The highest BCUT2D eigenvalue weighted by Gasteiger charge is 2.19. The molecule has 142 valence electrons. The average molecular weight is 461 g/mol. The molecule has 0 fully saturated rings. The summed E-state index contributed by atoms with van der Waals surface area (Å²) in [5, 5.41) is 11.7. The lowest BCUT2D eigenvalue weighted by Crippen LogP contribution is -2.41. The molecule has 8 nitrogen and oxygen atoms in total. The summed E-state index contributed by atoms with van der Waals surface area (Å²) in [5.74, 6) is -1.19. The molecule has 3 aromatic rings. The number of carbonyl (C=O) groups excluding carboxylic acids is 2. The molecule has 0 spiro atoms. The Morgan fingerprint density at radius 3 is 2.46 bits per heavy atom. The van der Waals surface area contributed by atoms with Crippen molar-refractivity contribution in [1.29, 1.82) is 0 Å². The van der Waals surface area contributed by atoms with E-state index in [2.05, 4.69) is 31.8 Å². The first-order valence-electron chi connectivity index (χ1n) is 7.94. The van der Waals surface area contributed by atoms with E-state index in [1.165, 1.54) is 23.5 Å². The molecule has 28 heavy (non-hydrogen) atoms. The minimum Gasteiger partial charge on any atom is -0.267 e. The van der Waals surface area contributed by atoms with Gasteiger partial charge in [-0.1, -0.05) is 30.3 Å². The van der Waals surface area contributed by atoms with Crippen LogP contribution in [0.3, 0.4) is 0 Å². The van der Waals surface area contributed by atoms with Crippen LogP contribution in [0, 0.1) is 17.0 Å². The number of benzene rings is 2. The molecule has 0 saturated carbocycles.